The van der Waals surface area contributed by atoms with Crippen LogP contribution in [0.5, 0.6) is 0 Å². The van der Waals surface area contributed by atoms with Crippen LogP contribution in [0, 0.1) is 11.8 Å². The summed E-state index contributed by atoms with van der Waals surface area (Å²) in [4.78, 5) is 0. The van der Waals surface area contributed by atoms with Gasteiger partial charge in [-0.3, -0.25) is 0 Å². The van der Waals surface area contributed by atoms with Crippen LogP contribution in [0.25, 0.3) is 0 Å². The maximum absolute atomic E-state index is 9.43. The molecule has 1 saturated heterocycles. The number of aliphatic hydroxyl groups excluding tert-OH is 1. The second kappa shape index (κ2) is 2.36. The standard InChI is InChI=1S/C7H12ClNO/c8-9-3-5-1-2-7(10)6(5)4-9/h5-7,10H,1-4H2/t5-,6+,7-/m0/s1. The summed E-state index contributed by atoms with van der Waals surface area (Å²) in [5.74, 6) is 1.14. The fourth-order valence-electron chi connectivity index (χ4n) is 2.18. The third kappa shape index (κ3) is 0.949. The molecule has 10 heavy (non-hydrogen) atoms. The van der Waals surface area contributed by atoms with Gasteiger partial charge >= 0.3 is 0 Å². The van der Waals surface area contributed by atoms with Crippen LogP contribution in [0.1, 0.15) is 12.8 Å². The van der Waals surface area contributed by atoms with Crippen molar-refractivity contribution in [2.24, 2.45) is 11.8 Å². The van der Waals surface area contributed by atoms with E-state index in [9.17, 15) is 5.11 Å². The molecule has 2 rings (SSSR count). The van der Waals surface area contributed by atoms with Crippen LogP contribution in [0.15, 0.2) is 0 Å². The topological polar surface area (TPSA) is 23.5 Å². The van der Waals surface area contributed by atoms with E-state index in [1.165, 1.54) is 0 Å². The summed E-state index contributed by atoms with van der Waals surface area (Å²) in [5.41, 5.74) is 0. The Kier molecular flexibility index (Phi) is 1.63. The van der Waals surface area contributed by atoms with E-state index < -0.39 is 0 Å². The van der Waals surface area contributed by atoms with Gasteiger partial charge in [-0.25, -0.2) is 4.42 Å². The fourth-order valence-corrected chi connectivity index (χ4v) is 2.52. The molecule has 2 aliphatic rings. The van der Waals surface area contributed by atoms with Gasteiger partial charge in [-0.15, -0.1) is 0 Å². The van der Waals surface area contributed by atoms with Crippen LogP contribution in [-0.4, -0.2) is 28.7 Å². The van der Waals surface area contributed by atoms with Crippen molar-refractivity contribution >= 4 is 11.8 Å². The lowest BCUT2D eigenvalue weighted by Gasteiger charge is -2.10. The largest absolute Gasteiger partial charge is 0.393 e. The van der Waals surface area contributed by atoms with E-state index in [-0.39, 0.29) is 6.10 Å². The number of rotatable bonds is 0. The molecule has 0 aromatic heterocycles. The van der Waals surface area contributed by atoms with E-state index in [0.29, 0.717) is 11.8 Å². The molecule has 1 saturated carbocycles. The van der Waals surface area contributed by atoms with Gasteiger partial charge in [0, 0.05) is 19.0 Å². The quantitative estimate of drug-likeness (QED) is 0.533. The van der Waals surface area contributed by atoms with Crippen LogP contribution >= 0.6 is 11.8 Å². The summed E-state index contributed by atoms with van der Waals surface area (Å²) >= 11 is 5.80. The monoisotopic (exact) mass is 161 g/mol. The molecule has 2 nitrogen and oxygen atoms in total. The molecule has 0 aromatic rings. The van der Waals surface area contributed by atoms with Crippen molar-refractivity contribution < 1.29 is 5.11 Å². The zero-order valence-corrected chi connectivity index (χ0v) is 6.59. The minimum absolute atomic E-state index is 0.0752. The van der Waals surface area contributed by atoms with Crippen LogP contribution in [-0.2, 0) is 0 Å². The van der Waals surface area contributed by atoms with Gasteiger partial charge in [0.2, 0.25) is 0 Å². The molecule has 0 radical (unpaired) electrons. The lowest BCUT2D eigenvalue weighted by atomic mass is 10.00. The Morgan fingerprint density at radius 3 is 2.80 bits per heavy atom. The molecule has 0 unspecified atom stereocenters. The lowest BCUT2D eigenvalue weighted by molar-refractivity contribution is 0.130. The highest BCUT2D eigenvalue weighted by atomic mass is 35.5. The number of hydrogen-bond acceptors (Lipinski definition) is 2. The Labute approximate surface area is 65.9 Å². The van der Waals surface area contributed by atoms with Gasteiger partial charge < -0.3 is 5.11 Å². The van der Waals surface area contributed by atoms with Crippen molar-refractivity contribution in [2.75, 3.05) is 13.1 Å². The van der Waals surface area contributed by atoms with Crippen LogP contribution in [0.3, 0.4) is 0 Å². The van der Waals surface area contributed by atoms with Crippen LogP contribution < -0.4 is 0 Å². The van der Waals surface area contributed by atoms with Gasteiger partial charge in [0.1, 0.15) is 0 Å². The number of fused-ring (bicyclic) bond motifs is 1. The van der Waals surface area contributed by atoms with Crippen LogP contribution in [0.4, 0.5) is 0 Å². The molecule has 0 amide bonds. The Bertz CT molecular complexity index is 142. The van der Waals surface area contributed by atoms with E-state index >= 15 is 0 Å². The molecule has 0 bridgehead atoms. The van der Waals surface area contributed by atoms with Gasteiger partial charge in [-0.1, -0.05) is 0 Å². The smallest absolute Gasteiger partial charge is 0.0584 e. The molecule has 1 N–H and O–H groups in total. The fraction of sp³-hybridized carbons (Fsp3) is 1.00. The summed E-state index contributed by atoms with van der Waals surface area (Å²) in [5, 5.41) is 9.43. The Balaban J connectivity index is 2.05. The third-order valence-corrected chi connectivity index (χ3v) is 3.05. The number of hydrogen-bond donors (Lipinski definition) is 1. The molecule has 3 heteroatoms. The average molecular weight is 162 g/mol. The summed E-state index contributed by atoms with van der Waals surface area (Å²) < 4.78 is 1.80. The Morgan fingerprint density at radius 2 is 2.10 bits per heavy atom. The minimum atomic E-state index is -0.0752. The zero-order valence-electron chi connectivity index (χ0n) is 5.83. The van der Waals surface area contributed by atoms with E-state index in [1.54, 1.807) is 4.42 Å². The maximum Gasteiger partial charge on any atom is 0.0584 e. The molecule has 1 heterocycles. The molecule has 3 atom stereocenters. The molecule has 2 fully saturated rings. The molecule has 1 aliphatic carbocycles. The Hall–Kier alpha value is 0.210. The Morgan fingerprint density at radius 1 is 1.30 bits per heavy atom. The molecule has 0 spiro atoms. The lowest BCUT2D eigenvalue weighted by Crippen LogP contribution is -2.19. The van der Waals surface area contributed by atoms with E-state index in [4.69, 9.17) is 11.8 Å². The van der Waals surface area contributed by atoms with Gasteiger partial charge in [-0.05, 0) is 30.5 Å². The average Bonchev–Trinajstić information content (AvgIpc) is 2.35. The van der Waals surface area contributed by atoms with Crippen molar-refractivity contribution in [3.63, 3.8) is 0 Å². The molecular weight excluding hydrogens is 150 g/mol. The van der Waals surface area contributed by atoms with E-state index in [2.05, 4.69) is 0 Å². The first-order valence-electron chi connectivity index (χ1n) is 3.86. The first kappa shape index (κ1) is 6.89. The van der Waals surface area contributed by atoms with Crippen molar-refractivity contribution in [3.8, 4) is 0 Å². The summed E-state index contributed by atoms with van der Waals surface area (Å²) in [6.45, 7) is 1.86. The van der Waals surface area contributed by atoms with Crippen molar-refractivity contribution in [1.82, 2.24) is 4.42 Å². The number of halogens is 1. The number of aliphatic hydroxyl groups is 1. The van der Waals surface area contributed by atoms with Gasteiger partial charge in [-0.2, -0.15) is 0 Å². The summed E-state index contributed by atoms with van der Waals surface area (Å²) in [7, 11) is 0. The van der Waals surface area contributed by atoms with Gasteiger partial charge in [0.05, 0.1) is 6.10 Å². The van der Waals surface area contributed by atoms with Gasteiger partial charge in [0.15, 0.2) is 0 Å². The second-order valence-electron chi connectivity index (χ2n) is 3.40. The molecule has 58 valence electrons. The zero-order chi connectivity index (χ0) is 7.14. The highest BCUT2D eigenvalue weighted by Gasteiger charge is 2.41. The highest BCUT2D eigenvalue weighted by Crippen LogP contribution is 2.38. The highest BCUT2D eigenvalue weighted by molar-refractivity contribution is 6.13. The second-order valence-corrected chi connectivity index (χ2v) is 3.87. The van der Waals surface area contributed by atoms with Crippen molar-refractivity contribution in [3.05, 3.63) is 0 Å². The predicted octanol–water partition coefficient (Wildman–Crippen LogP) is 0.843. The first-order valence-corrected chi connectivity index (χ1v) is 4.20. The van der Waals surface area contributed by atoms with Gasteiger partial charge in [0.25, 0.3) is 0 Å². The molecular formula is C7H12ClNO. The number of nitrogens with zero attached hydrogens (tertiary/aromatic N) is 1. The van der Waals surface area contributed by atoms with Crippen molar-refractivity contribution in [1.29, 1.82) is 0 Å². The van der Waals surface area contributed by atoms with E-state index in [0.717, 1.165) is 25.9 Å². The third-order valence-electron chi connectivity index (χ3n) is 2.77. The van der Waals surface area contributed by atoms with Crippen LogP contribution in [0.2, 0.25) is 0 Å². The van der Waals surface area contributed by atoms with E-state index in [1.807, 2.05) is 0 Å². The predicted molar refractivity (Wildman–Crippen MR) is 39.6 cm³/mol. The first-order chi connectivity index (χ1) is 4.77. The van der Waals surface area contributed by atoms with Crippen molar-refractivity contribution in [2.45, 2.75) is 18.9 Å². The maximum atomic E-state index is 9.43. The molecule has 1 aliphatic heterocycles. The summed E-state index contributed by atoms with van der Waals surface area (Å²) in [6, 6.07) is 0. The summed E-state index contributed by atoms with van der Waals surface area (Å²) in [6.07, 6.45) is 2.07. The normalized spacial score (nSPS) is 48.0. The minimum Gasteiger partial charge on any atom is -0.393 e. The SMILES string of the molecule is O[C@H]1CC[C@H]2CN(Cl)C[C@H]21. The molecule has 0 aromatic carbocycles.